The lowest BCUT2D eigenvalue weighted by Gasteiger charge is -2.35. The van der Waals surface area contributed by atoms with E-state index in [2.05, 4.69) is 60.3 Å². The molecule has 1 aliphatic rings. The first-order chi connectivity index (χ1) is 13.0. The number of nitrogens with one attached hydrogen (secondary N) is 2. The van der Waals surface area contributed by atoms with E-state index in [0.717, 1.165) is 49.0 Å². The molecule has 2 atom stereocenters. The predicted molar refractivity (Wildman–Crippen MR) is 112 cm³/mol. The lowest BCUT2D eigenvalue weighted by Crippen LogP contribution is -2.45. The Hall–Kier alpha value is -2.40. The van der Waals surface area contributed by atoms with Crippen LogP contribution in [0.4, 0.5) is 5.95 Å². The number of nitrogens with zero attached hydrogens (tertiary/aromatic N) is 2. The summed E-state index contributed by atoms with van der Waals surface area (Å²) in [4.78, 5) is 13.0. The molecule has 5 heteroatoms. The molecule has 0 amide bonds. The molecule has 0 unspecified atom stereocenters. The van der Waals surface area contributed by atoms with Crippen LogP contribution in [-0.4, -0.2) is 26.5 Å². The first-order valence-corrected chi connectivity index (χ1v) is 9.96. The summed E-state index contributed by atoms with van der Waals surface area (Å²) in [6.45, 7) is 6.41. The summed E-state index contributed by atoms with van der Waals surface area (Å²) in [6.07, 6.45) is 7.17. The SMILES string of the molecule is CCc1cnc(N[C@@H]2CCC[C@](C)(N)C2)nc1-c1c(C)[nH]c2ccccc12. The van der Waals surface area contributed by atoms with Gasteiger partial charge in [0.2, 0.25) is 5.95 Å². The number of benzene rings is 1. The van der Waals surface area contributed by atoms with Crippen molar-refractivity contribution in [1.29, 1.82) is 0 Å². The van der Waals surface area contributed by atoms with E-state index in [1.54, 1.807) is 0 Å². The average Bonchev–Trinajstić information content (AvgIpc) is 2.96. The third-order valence-electron chi connectivity index (χ3n) is 5.72. The summed E-state index contributed by atoms with van der Waals surface area (Å²) < 4.78 is 0. The Balaban J connectivity index is 1.72. The number of hydrogen-bond acceptors (Lipinski definition) is 4. The molecule has 0 radical (unpaired) electrons. The molecule has 2 heterocycles. The van der Waals surface area contributed by atoms with E-state index >= 15 is 0 Å². The number of H-pyrrole nitrogens is 1. The summed E-state index contributed by atoms with van der Waals surface area (Å²) in [5.41, 5.74) is 11.9. The highest BCUT2D eigenvalue weighted by molar-refractivity contribution is 5.97. The second-order valence-corrected chi connectivity index (χ2v) is 8.18. The largest absolute Gasteiger partial charge is 0.358 e. The van der Waals surface area contributed by atoms with E-state index in [9.17, 15) is 0 Å². The van der Waals surface area contributed by atoms with Crippen LogP contribution in [0.15, 0.2) is 30.5 Å². The zero-order chi connectivity index (χ0) is 19.0. The number of hydrogen-bond donors (Lipinski definition) is 3. The Bertz CT molecular complexity index is 956. The monoisotopic (exact) mass is 363 g/mol. The van der Waals surface area contributed by atoms with Crippen molar-refractivity contribution < 1.29 is 0 Å². The quantitative estimate of drug-likeness (QED) is 0.634. The summed E-state index contributed by atoms with van der Waals surface area (Å²) in [7, 11) is 0. The van der Waals surface area contributed by atoms with Gasteiger partial charge in [-0.2, -0.15) is 0 Å². The van der Waals surface area contributed by atoms with E-state index in [-0.39, 0.29) is 5.54 Å². The van der Waals surface area contributed by atoms with Gasteiger partial charge >= 0.3 is 0 Å². The summed E-state index contributed by atoms with van der Waals surface area (Å²) in [5.74, 6) is 0.703. The minimum Gasteiger partial charge on any atom is -0.358 e. The van der Waals surface area contributed by atoms with Crippen molar-refractivity contribution in [3.8, 4) is 11.3 Å². The molecular weight excluding hydrogens is 334 g/mol. The van der Waals surface area contributed by atoms with E-state index < -0.39 is 0 Å². The fraction of sp³-hybridized carbons (Fsp3) is 0.455. The Morgan fingerprint density at radius 2 is 2.15 bits per heavy atom. The van der Waals surface area contributed by atoms with E-state index in [4.69, 9.17) is 10.7 Å². The molecule has 0 saturated heterocycles. The molecule has 3 aromatic rings. The summed E-state index contributed by atoms with van der Waals surface area (Å²) in [6, 6.07) is 8.74. The number of aromatic amines is 1. The first kappa shape index (κ1) is 18.0. The highest BCUT2D eigenvalue weighted by Gasteiger charge is 2.29. The molecule has 1 aliphatic carbocycles. The van der Waals surface area contributed by atoms with Crippen LogP contribution in [0, 0.1) is 6.92 Å². The summed E-state index contributed by atoms with van der Waals surface area (Å²) in [5, 5.41) is 4.75. The predicted octanol–water partition coefficient (Wildman–Crippen LogP) is 4.57. The maximum Gasteiger partial charge on any atom is 0.223 e. The van der Waals surface area contributed by atoms with E-state index in [1.165, 1.54) is 16.5 Å². The molecule has 1 aromatic carbocycles. The van der Waals surface area contributed by atoms with Gasteiger partial charge < -0.3 is 16.0 Å². The van der Waals surface area contributed by atoms with Crippen LogP contribution in [-0.2, 0) is 6.42 Å². The van der Waals surface area contributed by atoms with Crippen LogP contribution in [0.1, 0.15) is 50.8 Å². The lowest BCUT2D eigenvalue weighted by atomic mass is 9.81. The number of anilines is 1. The minimum absolute atomic E-state index is 0.102. The van der Waals surface area contributed by atoms with Crippen LogP contribution in [0.2, 0.25) is 0 Å². The highest BCUT2D eigenvalue weighted by atomic mass is 15.1. The maximum absolute atomic E-state index is 6.37. The summed E-state index contributed by atoms with van der Waals surface area (Å²) >= 11 is 0. The number of aryl methyl sites for hydroxylation is 2. The lowest BCUT2D eigenvalue weighted by molar-refractivity contribution is 0.302. The molecule has 2 aromatic heterocycles. The highest BCUT2D eigenvalue weighted by Crippen LogP contribution is 2.34. The fourth-order valence-corrected chi connectivity index (χ4v) is 4.36. The Kier molecular flexibility index (Phi) is 4.64. The second-order valence-electron chi connectivity index (χ2n) is 8.18. The molecule has 0 spiro atoms. The van der Waals surface area contributed by atoms with Crippen molar-refractivity contribution in [3.05, 3.63) is 41.7 Å². The number of para-hydroxylation sites is 1. The van der Waals surface area contributed by atoms with E-state index in [1.807, 2.05) is 6.20 Å². The van der Waals surface area contributed by atoms with Crippen molar-refractivity contribution in [2.75, 3.05) is 5.32 Å². The minimum atomic E-state index is -0.102. The fourth-order valence-electron chi connectivity index (χ4n) is 4.36. The van der Waals surface area contributed by atoms with Crippen LogP contribution in [0.25, 0.3) is 22.2 Å². The number of nitrogens with two attached hydrogens (primary N) is 1. The standard InChI is InChI=1S/C22H29N5/c1-4-15-13-24-21(26-16-8-7-11-22(3,23)12-16)27-20(15)19-14(2)25-18-10-6-5-9-17(18)19/h5-6,9-10,13,16,25H,4,7-8,11-12,23H2,1-3H3,(H,24,26,27)/t16-,22+/m1/s1. The van der Waals surface area contributed by atoms with Crippen molar-refractivity contribution in [3.63, 3.8) is 0 Å². The van der Waals surface area contributed by atoms with Crippen molar-refractivity contribution in [1.82, 2.24) is 15.0 Å². The Morgan fingerprint density at radius 3 is 2.93 bits per heavy atom. The smallest absolute Gasteiger partial charge is 0.223 e. The van der Waals surface area contributed by atoms with Gasteiger partial charge in [0.25, 0.3) is 0 Å². The van der Waals surface area contributed by atoms with Gasteiger partial charge in [-0.1, -0.05) is 25.1 Å². The molecule has 0 aliphatic heterocycles. The zero-order valence-corrected chi connectivity index (χ0v) is 16.5. The molecule has 27 heavy (non-hydrogen) atoms. The zero-order valence-electron chi connectivity index (χ0n) is 16.5. The van der Waals surface area contributed by atoms with Crippen molar-refractivity contribution >= 4 is 16.9 Å². The maximum atomic E-state index is 6.37. The van der Waals surface area contributed by atoms with Crippen LogP contribution in [0.3, 0.4) is 0 Å². The number of aromatic nitrogens is 3. The van der Waals surface area contributed by atoms with E-state index in [0.29, 0.717) is 12.0 Å². The molecule has 0 bridgehead atoms. The van der Waals surface area contributed by atoms with Crippen LogP contribution < -0.4 is 11.1 Å². The van der Waals surface area contributed by atoms with Gasteiger partial charge in [0.05, 0.1) is 5.69 Å². The molecule has 4 rings (SSSR count). The van der Waals surface area contributed by atoms with Crippen molar-refractivity contribution in [2.45, 2.75) is 64.5 Å². The second kappa shape index (κ2) is 6.97. The van der Waals surface area contributed by atoms with Gasteiger partial charge in [-0.05, 0) is 57.6 Å². The van der Waals surface area contributed by atoms with Gasteiger partial charge in [-0.3, -0.25) is 0 Å². The van der Waals surface area contributed by atoms with Gasteiger partial charge in [0.15, 0.2) is 0 Å². The molecule has 1 saturated carbocycles. The molecular formula is C22H29N5. The van der Waals surface area contributed by atoms with Crippen LogP contribution >= 0.6 is 0 Å². The van der Waals surface area contributed by atoms with Gasteiger partial charge in [0, 0.05) is 39.9 Å². The first-order valence-electron chi connectivity index (χ1n) is 9.96. The van der Waals surface area contributed by atoms with Gasteiger partial charge in [0.1, 0.15) is 0 Å². The van der Waals surface area contributed by atoms with Gasteiger partial charge in [-0.15, -0.1) is 0 Å². The normalized spacial score (nSPS) is 22.9. The molecule has 5 nitrogen and oxygen atoms in total. The average molecular weight is 364 g/mol. The van der Waals surface area contributed by atoms with Crippen molar-refractivity contribution in [2.24, 2.45) is 5.73 Å². The number of rotatable bonds is 4. The molecule has 4 N–H and O–H groups in total. The Labute approximate surface area is 160 Å². The third kappa shape index (κ3) is 3.56. The topological polar surface area (TPSA) is 79.6 Å². The third-order valence-corrected chi connectivity index (χ3v) is 5.72. The molecule has 1 fully saturated rings. The number of fused-ring (bicyclic) bond motifs is 1. The molecule has 142 valence electrons. The van der Waals surface area contributed by atoms with Gasteiger partial charge in [-0.25, -0.2) is 9.97 Å². The Morgan fingerprint density at radius 1 is 1.33 bits per heavy atom. The van der Waals surface area contributed by atoms with Crippen LogP contribution in [0.5, 0.6) is 0 Å².